The lowest BCUT2D eigenvalue weighted by molar-refractivity contribution is -0.142. The highest BCUT2D eigenvalue weighted by Gasteiger charge is 2.40. The first-order valence-corrected chi connectivity index (χ1v) is 7.15. The van der Waals surface area contributed by atoms with Crippen LogP contribution in [0.3, 0.4) is 0 Å². The number of hydrogen-bond donors (Lipinski definition) is 3. The van der Waals surface area contributed by atoms with E-state index in [-0.39, 0.29) is 17.4 Å². The fourth-order valence-corrected chi connectivity index (χ4v) is 2.36. The average molecular weight is 299 g/mol. The molecule has 0 aromatic heterocycles. The van der Waals surface area contributed by atoms with E-state index in [4.69, 9.17) is 0 Å². The summed E-state index contributed by atoms with van der Waals surface area (Å²) in [6, 6.07) is -2.06. The molecular formula is C14H25N3O4. The van der Waals surface area contributed by atoms with Gasteiger partial charge in [-0.1, -0.05) is 6.92 Å². The fraction of sp³-hybridized carbons (Fsp3) is 0.786. The first kappa shape index (κ1) is 17.3. The van der Waals surface area contributed by atoms with Crippen molar-refractivity contribution in [2.24, 2.45) is 5.92 Å². The highest BCUT2D eigenvalue weighted by atomic mass is 16.4. The van der Waals surface area contributed by atoms with Crippen molar-refractivity contribution >= 4 is 17.9 Å². The minimum Gasteiger partial charge on any atom is -0.480 e. The second-order valence-electron chi connectivity index (χ2n) is 6.65. The van der Waals surface area contributed by atoms with Crippen molar-refractivity contribution in [1.82, 2.24) is 15.5 Å². The number of nitrogens with one attached hydrogen (secondary N) is 2. The van der Waals surface area contributed by atoms with Crippen LogP contribution in [0.1, 0.15) is 41.0 Å². The van der Waals surface area contributed by atoms with Crippen molar-refractivity contribution in [3.63, 3.8) is 0 Å². The summed E-state index contributed by atoms with van der Waals surface area (Å²) in [5.41, 5.74) is -0.387. The van der Waals surface area contributed by atoms with E-state index >= 15 is 0 Å². The molecule has 3 unspecified atom stereocenters. The van der Waals surface area contributed by atoms with Gasteiger partial charge in [0.1, 0.15) is 12.1 Å². The summed E-state index contributed by atoms with van der Waals surface area (Å²) in [5.74, 6) is -1.40. The quantitative estimate of drug-likeness (QED) is 0.717. The van der Waals surface area contributed by atoms with Crippen molar-refractivity contribution in [1.29, 1.82) is 0 Å². The molecule has 0 saturated carbocycles. The molecular weight excluding hydrogens is 274 g/mol. The zero-order chi connectivity index (χ0) is 16.4. The highest BCUT2D eigenvalue weighted by molar-refractivity contribution is 5.89. The topological polar surface area (TPSA) is 98.7 Å². The van der Waals surface area contributed by atoms with Crippen molar-refractivity contribution in [2.45, 2.75) is 58.7 Å². The number of hydrogen-bond acceptors (Lipinski definition) is 3. The normalized spacial score (nSPS) is 23.6. The Bertz CT molecular complexity index is 430. The molecule has 7 nitrogen and oxygen atoms in total. The number of carbonyl (C=O) groups is 3. The Morgan fingerprint density at radius 3 is 2.33 bits per heavy atom. The predicted molar refractivity (Wildman–Crippen MR) is 77.8 cm³/mol. The number of carbonyl (C=O) groups excluding carboxylic acids is 2. The smallest absolute Gasteiger partial charge is 0.326 e. The maximum Gasteiger partial charge on any atom is 0.326 e. The molecule has 1 fully saturated rings. The molecule has 1 saturated heterocycles. The zero-order valence-corrected chi connectivity index (χ0v) is 13.3. The summed E-state index contributed by atoms with van der Waals surface area (Å²) >= 11 is 0. The van der Waals surface area contributed by atoms with Crippen LogP contribution in [0, 0.1) is 5.92 Å². The largest absolute Gasteiger partial charge is 0.480 e. The van der Waals surface area contributed by atoms with Gasteiger partial charge in [-0.3, -0.25) is 4.79 Å². The predicted octanol–water partition coefficient (Wildman–Crippen LogP) is 0.794. The summed E-state index contributed by atoms with van der Waals surface area (Å²) in [6.07, 6.45) is 0.646. The Kier molecular flexibility index (Phi) is 5.20. The van der Waals surface area contributed by atoms with Crippen molar-refractivity contribution in [2.75, 3.05) is 6.54 Å². The standard InChI is InChI=1S/C14H25N3O4/c1-8-6-7-17(10(8)12(19)20)13(21)15-9(2)11(18)16-14(3,4)5/h8-10H,6-7H2,1-5H3,(H,15,21)(H,16,18)(H,19,20). The number of amides is 3. The van der Waals surface area contributed by atoms with Gasteiger partial charge in [0, 0.05) is 12.1 Å². The lowest BCUT2D eigenvalue weighted by Gasteiger charge is -2.27. The van der Waals surface area contributed by atoms with Gasteiger partial charge in [-0.05, 0) is 40.0 Å². The zero-order valence-electron chi connectivity index (χ0n) is 13.3. The van der Waals surface area contributed by atoms with Crippen LogP contribution in [0.15, 0.2) is 0 Å². The second kappa shape index (κ2) is 6.32. The minimum atomic E-state index is -1.01. The highest BCUT2D eigenvalue weighted by Crippen LogP contribution is 2.24. The van der Waals surface area contributed by atoms with Crippen LogP contribution in [0.4, 0.5) is 4.79 Å². The molecule has 7 heteroatoms. The van der Waals surface area contributed by atoms with E-state index in [0.29, 0.717) is 13.0 Å². The molecule has 21 heavy (non-hydrogen) atoms. The van der Waals surface area contributed by atoms with E-state index in [0.717, 1.165) is 0 Å². The van der Waals surface area contributed by atoms with Gasteiger partial charge in [0.25, 0.3) is 0 Å². The minimum absolute atomic E-state index is 0.0908. The summed E-state index contributed by atoms with van der Waals surface area (Å²) in [7, 11) is 0. The number of carboxylic acids is 1. The lowest BCUT2D eigenvalue weighted by atomic mass is 10.0. The maximum absolute atomic E-state index is 12.2. The Balaban J connectivity index is 2.64. The molecule has 0 aromatic carbocycles. The molecule has 1 aliphatic rings. The molecule has 0 spiro atoms. The molecule has 0 aromatic rings. The number of likely N-dealkylation sites (tertiary alicyclic amines) is 1. The van der Waals surface area contributed by atoms with Gasteiger partial charge in [0.15, 0.2) is 0 Å². The van der Waals surface area contributed by atoms with Gasteiger partial charge >= 0.3 is 12.0 Å². The van der Waals surface area contributed by atoms with Crippen LogP contribution in [0.5, 0.6) is 0 Å². The third-order valence-electron chi connectivity index (χ3n) is 3.45. The number of nitrogens with zero attached hydrogens (tertiary/aromatic N) is 1. The molecule has 0 aliphatic carbocycles. The van der Waals surface area contributed by atoms with Crippen LogP contribution in [-0.4, -0.2) is 52.1 Å². The van der Waals surface area contributed by atoms with Gasteiger partial charge < -0.3 is 20.6 Å². The van der Waals surface area contributed by atoms with Gasteiger partial charge in [-0.15, -0.1) is 0 Å². The van der Waals surface area contributed by atoms with E-state index in [1.807, 2.05) is 27.7 Å². The Hall–Kier alpha value is -1.79. The van der Waals surface area contributed by atoms with Crippen LogP contribution in [-0.2, 0) is 9.59 Å². The second-order valence-corrected chi connectivity index (χ2v) is 6.65. The van der Waals surface area contributed by atoms with E-state index in [1.54, 1.807) is 6.92 Å². The van der Waals surface area contributed by atoms with Crippen molar-refractivity contribution < 1.29 is 19.5 Å². The number of carboxylic acid groups (broad SMARTS) is 1. The SMILES string of the molecule is CC(NC(=O)N1CCC(C)C1C(=O)O)C(=O)NC(C)(C)C. The maximum atomic E-state index is 12.2. The van der Waals surface area contributed by atoms with E-state index in [1.165, 1.54) is 4.90 Å². The summed E-state index contributed by atoms with van der Waals surface area (Å²) in [6.45, 7) is 9.32. The molecule has 120 valence electrons. The number of aliphatic carboxylic acids is 1. The van der Waals surface area contributed by atoms with Gasteiger partial charge in [-0.25, -0.2) is 9.59 Å². The van der Waals surface area contributed by atoms with Gasteiger partial charge in [-0.2, -0.15) is 0 Å². The molecule has 3 N–H and O–H groups in total. The third-order valence-corrected chi connectivity index (χ3v) is 3.45. The first-order chi connectivity index (χ1) is 9.53. The van der Waals surface area contributed by atoms with Crippen molar-refractivity contribution in [3.8, 4) is 0 Å². The fourth-order valence-electron chi connectivity index (χ4n) is 2.36. The molecule has 0 radical (unpaired) electrons. The summed E-state index contributed by atoms with van der Waals surface area (Å²) in [5, 5.41) is 14.5. The van der Waals surface area contributed by atoms with E-state index in [9.17, 15) is 19.5 Å². The monoisotopic (exact) mass is 299 g/mol. The Morgan fingerprint density at radius 1 is 1.29 bits per heavy atom. The third kappa shape index (κ3) is 4.61. The number of urea groups is 1. The molecule has 3 atom stereocenters. The Labute approximate surface area is 125 Å². The molecule has 1 aliphatic heterocycles. The molecule has 1 heterocycles. The lowest BCUT2D eigenvalue weighted by Crippen LogP contribution is -2.55. The van der Waals surface area contributed by atoms with Crippen molar-refractivity contribution in [3.05, 3.63) is 0 Å². The molecule has 1 rings (SSSR count). The average Bonchev–Trinajstić information content (AvgIpc) is 2.68. The van der Waals surface area contributed by atoms with Crippen LogP contribution >= 0.6 is 0 Å². The van der Waals surface area contributed by atoms with Crippen LogP contribution in [0.25, 0.3) is 0 Å². The van der Waals surface area contributed by atoms with E-state index < -0.39 is 24.1 Å². The van der Waals surface area contributed by atoms with E-state index in [2.05, 4.69) is 10.6 Å². The van der Waals surface area contributed by atoms with Gasteiger partial charge in [0.2, 0.25) is 5.91 Å². The molecule has 3 amide bonds. The summed E-state index contributed by atoms with van der Waals surface area (Å²) < 4.78 is 0. The molecule has 0 bridgehead atoms. The van der Waals surface area contributed by atoms with Crippen LogP contribution < -0.4 is 10.6 Å². The van der Waals surface area contributed by atoms with Gasteiger partial charge in [0.05, 0.1) is 0 Å². The first-order valence-electron chi connectivity index (χ1n) is 7.15. The van der Waals surface area contributed by atoms with Crippen LogP contribution in [0.2, 0.25) is 0 Å². The Morgan fingerprint density at radius 2 is 1.86 bits per heavy atom. The summed E-state index contributed by atoms with van der Waals surface area (Å²) in [4.78, 5) is 36.6. The number of rotatable bonds is 3.